The molecule has 3 aromatic rings. The molecule has 0 unspecified atom stereocenters. The van der Waals surface area contributed by atoms with Crippen LogP contribution in [0.5, 0.6) is 5.75 Å². The van der Waals surface area contributed by atoms with Crippen LogP contribution in [0.1, 0.15) is 44.7 Å². The molecule has 0 amide bonds. The molecule has 6 nitrogen and oxygen atoms in total. The predicted octanol–water partition coefficient (Wildman–Crippen LogP) is 6.09. The maximum Gasteiger partial charge on any atom is 0.329 e. The van der Waals surface area contributed by atoms with Crippen LogP contribution in [0, 0.1) is 11.8 Å². The molecular formula is C29H36N2O4. The van der Waals surface area contributed by atoms with Crippen LogP contribution in [0.3, 0.4) is 0 Å². The number of carbonyl (C=O) groups is 1. The number of ether oxygens (including phenoxy) is 2. The number of rotatable bonds is 11. The molecule has 0 saturated heterocycles. The first-order valence-corrected chi connectivity index (χ1v) is 12.7. The Morgan fingerprint density at radius 3 is 2.31 bits per heavy atom. The molecule has 1 aromatic heterocycles. The number of carboxylic acids is 1. The number of nitrogens with zero attached hydrogens (tertiary/aromatic N) is 2. The van der Waals surface area contributed by atoms with Gasteiger partial charge in [-0.25, -0.2) is 4.79 Å². The topological polar surface area (TPSA) is 73.6 Å². The van der Waals surface area contributed by atoms with Gasteiger partial charge in [-0.3, -0.25) is 4.68 Å². The van der Waals surface area contributed by atoms with E-state index in [0.717, 1.165) is 62.1 Å². The number of carboxylic acid groups (broad SMARTS) is 1. The van der Waals surface area contributed by atoms with Gasteiger partial charge < -0.3 is 14.6 Å². The number of aromatic nitrogens is 2. The van der Waals surface area contributed by atoms with E-state index >= 15 is 0 Å². The number of aliphatic carboxylic acids is 1. The Morgan fingerprint density at radius 1 is 1.00 bits per heavy atom. The first-order chi connectivity index (χ1) is 17.1. The lowest BCUT2D eigenvalue weighted by Crippen LogP contribution is -2.23. The van der Waals surface area contributed by atoms with E-state index in [2.05, 4.69) is 54.1 Å². The lowest BCUT2D eigenvalue weighted by atomic mass is 9.82. The molecule has 1 heterocycles. The van der Waals surface area contributed by atoms with Crippen molar-refractivity contribution in [2.75, 3.05) is 20.3 Å². The normalized spacial score (nSPS) is 17.9. The second-order valence-corrected chi connectivity index (χ2v) is 9.49. The SMILES string of the molecule is CCCc1nn(C[C@H]2CC[C@@H](COCC(=O)O)CC2)c(-c2ccc(OC)cc2)c1-c1ccccc1. The summed E-state index contributed by atoms with van der Waals surface area (Å²) in [5.41, 5.74) is 5.91. The summed E-state index contributed by atoms with van der Waals surface area (Å²) in [4.78, 5) is 10.7. The highest BCUT2D eigenvalue weighted by Gasteiger charge is 2.26. The van der Waals surface area contributed by atoms with E-state index in [1.807, 2.05) is 12.1 Å². The summed E-state index contributed by atoms with van der Waals surface area (Å²) in [5, 5.41) is 14.0. The van der Waals surface area contributed by atoms with E-state index in [1.54, 1.807) is 7.11 Å². The third-order valence-corrected chi connectivity index (χ3v) is 6.91. The Hall–Kier alpha value is -3.12. The van der Waals surface area contributed by atoms with Crippen molar-refractivity contribution in [2.24, 2.45) is 11.8 Å². The van der Waals surface area contributed by atoms with Gasteiger partial charge in [-0.2, -0.15) is 5.10 Å². The van der Waals surface area contributed by atoms with Crippen LogP contribution in [0.4, 0.5) is 0 Å². The van der Waals surface area contributed by atoms with Gasteiger partial charge in [-0.1, -0.05) is 43.7 Å². The minimum Gasteiger partial charge on any atom is -0.497 e. The van der Waals surface area contributed by atoms with Crippen molar-refractivity contribution >= 4 is 5.97 Å². The summed E-state index contributed by atoms with van der Waals surface area (Å²) in [6, 6.07) is 18.9. The second kappa shape index (κ2) is 12.0. The zero-order chi connectivity index (χ0) is 24.6. The van der Waals surface area contributed by atoms with Crippen molar-refractivity contribution in [3.8, 4) is 28.1 Å². The number of hydrogen-bond donors (Lipinski definition) is 1. The summed E-state index contributed by atoms with van der Waals surface area (Å²) in [7, 11) is 1.69. The van der Waals surface area contributed by atoms with Crippen LogP contribution in [-0.2, 0) is 22.5 Å². The van der Waals surface area contributed by atoms with Crippen LogP contribution in [-0.4, -0.2) is 41.2 Å². The van der Waals surface area contributed by atoms with E-state index in [0.29, 0.717) is 18.4 Å². The molecule has 1 aliphatic rings. The summed E-state index contributed by atoms with van der Waals surface area (Å²) in [6.45, 7) is 3.42. The molecule has 6 heteroatoms. The Labute approximate surface area is 207 Å². The molecule has 0 spiro atoms. The molecule has 1 saturated carbocycles. The van der Waals surface area contributed by atoms with Crippen molar-refractivity contribution in [2.45, 2.75) is 52.0 Å². The standard InChI is InChI=1S/C29H36N2O4/c1-3-7-26-28(23-8-5-4-6-9-23)29(24-14-16-25(34-2)17-15-24)31(30-26)18-21-10-12-22(13-11-21)19-35-20-27(32)33/h4-6,8-9,14-17,21-22H,3,7,10-13,18-20H2,1-2H3,(H,32,33)/t21-,22+. The zero-order valence-corrected chi connectivity index (χ0v) is 20.8. The largest absolute Gasteiger partial charge is 0.497 e. The molecule has 0 radical (unpaired) electrons. The fraction of sp³-hybridized carbons (Fsp3) is 0.448. The number of hydrogen-bond acceptors (Lipinski definition) is 4. The van der Waals surface area contributed by atoms with E-state index in [9.17, 15) is 4.79 Å². The third kappa shape index (κ3) is 6.31. The smallest absolute Gasteiger partial charge is 0.329 e. The van der Waals surface area contributed by atoms with E-state index < -0.39 is 5.97 Å². The monoisotopic (exact) mass is 476 g/mol. The highest BCUT2D eigenvalue weighted by Crippen LogP contribution is 2.38. The van der Waals surface area contributed by atoms with Gasteiger partial charge >= 0.3 is 5.97 Å². The minimum absolute atomic E-state index is 0.207. The van der Waals surface area contributed by atoms with Crippen LogP contribution < -0.4 is 4.74 Å². The average Bonchev–Trinajstić information content (AvgIpc) is 3.23. The van der Waals surface area contributed by atoms with Crippen LogP contribution in [0.15, 0.2) is 54.6 Å². The van der Waals surface area contributed by atoms with E-state index in [1.165, 1.54) is 16.8 Å². The Bertz CT molecular complexity index is 1080. The Morgan fingerprint density at radius 2 is 1.69 bits per heavy atom. The van der Waals surface area contributed by atoms with Crippen molar-refractivity contribution in [1.29, 1.82) is 0 Å². The first kappa shape index (κ1) is 25.0. The number of methoxy groups -OCH3 is 1. The Kier molecular flexibility index (Phi) is 8.59. The maximum atomic E-state index is 10.7. The molecular weight excluding hydrogens is 440 g/mol. The number of aryl methyl sites for hydroxylation is 1. The van der Waals surface area contributed by atoms with Crippen LogP contribution >= 0.6 is 0 Å². The summed E-state index contributed by atoms with van der Waals surface area (Å²) in [5.74, 6) is 0.930. The lowest BCUT2D eigenvalue weighted by molar-refractivity contribution is -0.142. The van der Waals surface area contributed by atoms with Crippen LogP contribution in [0.2, 0.25) is 0 Å². The molecule has 1 aliphatic carbocycles. The Balaban J connectivity index is 1.61. The fourth-order valence-corrected chi connectivity index (χ4v) is 5.14. The molecule has 186 valence electrons. The van der Waals surface area contributed by atoms with E-state index in [4.69, 9.17) is 19.7 Å². The van der Waals surface area contributed by atoms with Gasteiger partial charge in [0.2, 0.25) is 0 Å². The van der Waals surface area contributed by atoms with Gasteiger partial charge in [0.1, 0.15) is 12.4 Å². The summed E-state index contributed by atoms with van der Waals surface area (Å²) >= 11 is 0. The fourth-order valence-electron chi connectivity index (χ4n) is 5.14. The van der Waals surface area contributed by atoms with Gasteiger partial charge in [0.05, 0.1) is 25.1 Å². The van der Waals surface area contributed by atoms with Crippen molar-refractivity contribution in [3.05, 3.63) is 60.3 Å². The van der Waals surface area contributed by atoms with Gasteiger partial charge in [0.25, 0.3) is 0 Å². The zero-order valence-electron chi connectivity index (χ0n) is 20.8. The summed E-state index contributed by atoms with van der Waals surface area (Å²) < 4.78 is 13.0. The second-order valence-electron chi connectivity index (χ2n) is 9.49. The van der Waals surface area contributed by atoms with Crippen LogP contribution in [0.25, 0.3) is 22.4 Å². The highest BCUT2D eigenvalue weighted by molar-refractivity contribution is 5.83. The quantitative estimate of drug-likeness (QED) is 0.363. The van der Waals surface area contributed by atoms with Crippen molar-refractivity contribution in [3.63, 3.8) is 0 Å². The van der Waals surface area contributed by atoms with Gasteiger partial charge in [0, 0.05) is 17.7 Å². The molecule has 4 rings (SSSR count). The van der Waals surface area contributed by atoms with Gasteiger partial charge in [-0.05, 0) is 73.8 Å². The molecule has 2 aromatic carbocycles. The first-order valence-electron chi connectivity index (χ1n) is 12.7. The predicted molar refractivity (Wildman–Crippen MR) is 138 cm³/mol. The lowest BCUT2D eigenvalue weighted by Gasteiger charge is -2.28. The molecule has 1 fully saturated rings. The van der Waals surface area contributed by atoms with Crippen molar-refractivity contribution in [1.82, 2.24) is 9.78 Å². The third-order valence-electron chi connectivity index (χ3n) is 6.91. The van der Waals surface area contributed by atoms with Gasteiger partial charge in [-0.15, -0.1) is 0 Å². The highest BCUT2D eigenvalue weighted by atomic mass is 16.5. The maximum absolute atomic E-state index is 10.7. The molecule has 0 bridgehead atoms. The molecule has 0 aliphatic heterocycles. The van der Waals surface area contributed by atoms with E-state index in [-0.39, 0.29) is 6.61 Å². The average molecular weight is 477 g/mol. The molecule has 35 heavy (non-hydrogen) atoms. The van der Waals surface area contributed by atoms with Gasteiger partial charge in [0.15, 0.2) is 0 Å². The van der Waals surface area contributed by atoms with Crippen molar-refractivity contribution < 1.29 is 19.4 Å². The molecule has 1 N–H and O–H groups in total. The molecule has 0 atom stereocenters. The minimum atomic E-state index is -0.902. The summed E-state index contributed by atoms with van der Waals surface area (Å²) in [6.07, 6.45) is 6.32. The number of benzene rings is 2.